The quantitative estimate of drug-likeness (QED) is 0.529. The van der Waals surface area contributed by atoms with Crippen LogP contribution in [0.1, 0.15) is 6.92 Å². The molecule has 0 aliphatic heterocycles. The maximum absolute atomic E-state index is 11.4. The molecule has 0 saturated carbocycles. The number of carbonyl (C=O) groups is 2. The zero-order chi connectivity index (χ0) is 13.7. The van der Waals surface area contributed by atoms with Gasteiger partial charge in [-0.05, 0) is 12.1 Å². The first kappa shape index (κ1) is 14.8. The van der Waals surface area contributed by atoms with Gasteiger partial charge in [-0.15, -0.1) is 0 Å². The Morgan fingerprint density at radius 1 is 1.22 bits per heavy atom. The highest BCUT2D eigenvalue weighted by molar-refractivity contribution is 6.62. The third-order valence-corrected chi connectivity index (χ3v) is 2.62. The minimum atomic E-state index is -0.878. The molecule has 1 amide bonds. The molecule has 0 aromatic heterocycles. The predicted octanol–water partition coefficient (Wildman–Crippen LogP) is 3.44. The first-order chi connectivity index (χ1) is 8.40. The van der Waals surface area contributed by atoms with Crippen LogP contribution in [0.4, 0.5) is 5.69 Å². The van der Waals surface area contributed by atoms with E-state index in [1.165, 1.54) is 19.1 Å². The molecule has 0 atom stereocenters. The Kier molecular flexibility index (Phi) is 5.47. The summed E-state index contributed by atoms with van der Waals surface area (Å²) in [4.78, 5) is 22.3. The van der Waals surface area contributed by atoms with Crippen molar-refractivity contribution in [2.75, 3.05) is 5.32 Å². The van der Waals surface area contributed by atoms with Crippen molar-refractivity contribution in [3.05, 3.63) is 33.8 Å². The Morgan fingerprint density at radius 2 is 1.89 bits per heavy atom. The number of anilines is 1. The molecule has 0 aliphatic carbocycles. The Morgan fingerprint density at radius 3 is 2.44 bits per heavy atom. The number of hydrogen-bond acceptors (Lipinski definition) is 3. The molecule has 0 heterocycles. The first-order valence-corrected chi connectivity index (χ1v) is 5.84. The minimum absolute atomic E-state index is 0.207. The Labute approximate surface area is 118 Å². The van der Waals surface area contributed by atoms with E-state index in [4.69, 9.17) is 39.5 Å². The number of rotatable bonds is 3. The van der Waals surface area contributed by atoms with Crippen molar-refractivity contribution in [2.45, 2.75) is 6.92 Å². The highest BCUT2D eigenvalue weighted by Crippen LogP contribution is 2.22. The zero-order valence-corrected chi connectivity index (χ0v) is 11.4. The van der Waals surface area contributed by atoms with E-state index in [1.54, 1.807) is 12.1 Å². The van der Waals surface area contributed by atoms with Crippen LogP contribution in [-0.4, -0.2) is 11.9 Å². The lowest BCUT2D eigenvalue weighted by molar-refractivity contribution is -0.129. The molecular formula is C11H8Cl3NO3. The molecule has 0 spiro atoms. The average molecular weight is 309 g/mol. The van der Waals surface area contributed by atoms with Crippen molar-refractivity contribution >= 4 is 52.4 Å². The molecule has 0 saturated heterocycles. The van der Waals surface area contributed by atoms with Crippen LogP contribution < -0.4 is 10.1 Å². The van der Waals surface area contributed by atoms with Gasteiger partial charge in [0.1, 0.15) is 10.2 Å². The monoisotopic (exact) mass is 307 g/mol. The lowest BCUT2D eigenvalue weighted by Crippen LogP contribution is -2.09. The van der Waals surface area contributed by atoms with E-state index in [0.717, 1.165) is 0 Å². The smallest absolute Gasteiger partial charge is 0.357 e. The van der Waals surface area contributed by atoms with E-state index in [1.807, 2.05) is 0 Å². The van der Waals surface area contributed by atoms with Crippen molar-refractivity contribution in [1.29, 1.82) is 0 Å². The summed E-state index contributed by atoms with van der Waals surface area (Å²) in [7, 11) is 0. The predicted molar refractivity (Wildman–Crippen MR) is 71.0 cm³/mol. The van der Waals surface area contributed by atoms with E-state index < -0.39 is 11.0 Å². The first-order valence-electron chi connectivity index (χ1n) is 4.70. The topological polar surface area (TPSA) is 55.4 Å². The molecule has 1 rings (SSSR count). The van der Waals surface area contributed by atoms with E-state index in [-0.39, 0.29) is 16.1 Å². The standard InChI is InChI=1S/C11H8Cl3NO3/c1-6(16)15-7-3-2-4-8(5-7)18-11(17)9(12)10(13)14/h2-5H,1H3,(H,15,16). The van der Waals surface area contributed by atoms with Gasteiger partial charge < -0.3 is 10.1 Å². The number of esters is 1. The third-order valence-electron chi connectivity index (χ3n) is 1.71. The summed E-state index contributed by atoms with van der Waals surface area (Å²) in [6.45, 7) is 1.37. The van der Waals surface area contributed by atoms with Crippen LogP contribution in [0.15, 0.2) is 33.8 Å². The number of ether oxygens (including phenoxy) is 1. The van der Waals surface area contributed by atoms with E-state index >= 15 is 0 Å². The summed E-state index contributed by atoms with van der Waals surface area (Å²) in [5, 5.41) is 2.13. The summed E-state index contributed by atoms with van der Waals surface area (Å²) < 4.78 is 4.54. The summed E-state index contributed by atoms with van der Waals surface area (Å²) in [6.07, 6.45) is 0. The Hall–Kier alpha value is -1.23. The van der Waals surface area contributed by atoms with Crippen LogP contribution in [0.5, 0.6) is 5.75 Å². The molecule has 0 radical (unpaired) electrons. The van der Waals surface area contributed by atoms with Gasteiger partial charge in [-0.1, -0.05) is 40.9 Å². The highest BCUT2D eigenvalue weighted by Gasteiger charge is 2.13. The van der Waals surface area contributed by atoms with Crippen LogP contribution in [0.3, 0.4) is 0 Å². The summed E-state index contributed by atoms with van der Waals surface area (Å²) >= 11 is 16.2. The highest BCUT2D eigenvalue weighted by atomic mass is 35.5. The Balaban J connectivity index is 2.83. The fourth-order valence-electron chi connectivity index (χ4n) is 1.07. The van der Waals surface area contributed by atoms with Crippen molar-refractivity contribution < 1.29 is 14.3 Å². The second-order valence-corrected chi connectivity index (χ2v) is 4.50. The minimum Gasteiger partial charge on any atom is -0.422 e. The average Bonchev–Trinajstić information content (AvgIpc) is 2.27. The maximum atomic E-state index is 11.4. The van der Waals surface area contributed by atoms with Gasteiger partial charge in [0.25, 0.3) is 0 Å². The molecule has 96 valence electrons. The van der Waals surface area contributed by atoms with Crippen LogP contribution >= 0.6 is 34.8 Å². The van der Waals surface area contributed by atoms with Gasteiger partial charge in [0.15, 0.2) is 5.03 Å². The number of hydrogen-bond donors (Lipinski definition) is 1. The lowest BCUT2D eigenvalue weighted by atomic mass is 10.3. The van der Waals surface area contributed by atoms with Crippen molar-refractivity contribution in [3.63, 3.8) is 0 Å². The van der Waals surface area contributed by atoms with E-state index in [2.05, 4.69) is 5.32 Å². The van der Waals surface area contributed by atoms with E-state index in [9.17, 15) is 9.59 Å². The number of benzene rings is 1. The van der Waals surface area contributed by atoms with Crippen molar-refractivity contribution in [1.82, 2.24) is 0 Å². The molecule has 7 heteroatoms. The summed E-state index contributed by atoms with van der Waals surface area (Å²) in [5.41, 5.74) is 0.491. The molecule has 0 aliphatic rings. The molecule has 0 unspecified atom stereocenters. The van der Waals surface area contributed by atoms with Gasteiger partial charge in [0, 0.05) is 18.7 Å². The molecule has 0 bridgehead atoms. The molecule has 4 nitrogen and oxygen atoms in total. The molecule has 1 N–H and O–H groups in total. The second kappa shape index (κ2) is 6.64. The fraction of sp³-hybridized carbons (Fsp3) is 0.0909. The zero-order valence-electron chi connectivity index (χ0n) is 9.17. The van der Waals surface area contributed by atoms with Gasteiger partial charge in [0.05, 0.1) is 0 Å². The SMILES string of the molecule is CC(=O)Nc1cccc(OC(=O)C(Cl)=C(Cl)Cl)c1. The van der Waals surface area contributed by atoms with Crippen LogP contribution in [0, 0.1) is 0 Å². The molecule has 1 aromatic rings. The van der Waals surface area contributed by atoms with E-state index in [0.29, 0.717) is 5.69 Å². The van der Waals surface area contributed by atoms with Gasteiger partial charge in [0.2, 0.25) is 5.91 Å². The maximum Gasteiger partial charge on any atom is 0.357 e. The van der Waals surface area contributed by atoms with Crippen LogP contribution in [0.25, 0.3) is 0 Å². The normalized spacial score (nSPS) is 9.56. The van der Waals surface area contributed by atoms with Crippen LogP contribution in [-0.2, 0) is 9.59 Å². The van der Waals surface area contributed by atoms with Gasteiger partial charge in [-0.25, -0.2) is 4.79 Å². The number of halogens is 3. The largest absolute Gasteiger partial charge is 0.422 e. The molecule has 0 fully saturated rings. The summed E-state index contributed by atoms with van der Waals surface area (Å²) in [6, 6.07) is 6.24. The molecule has 18 heavy (non-hydrogen) atoms. The molecule has 1 aromatic carbocycles. The van der Waals surface area contributed by atoms with Gasteiger partial charge >= 0.3 is 5.97 Å². The second-order valence-electron chi connectivity index (χ2n) is 3.17. The fourth-order valence-corrected chi connectivity index (χ4v) is 1.26. The van der Waals surface area contributed by atoms with Crippen LogP contribution in [0.2, 0.25) is 0 Å². The number of nitrogens with one attached hydrogen (secondary N) is 1. The van der Waals surface area contributed by atoms with Crippen molar-refractivity contribution in [2.24, 2.45) is 0 Å². The van der Waals surface area contributed by atoms with Gasteiger partial charge in [-0.3, -0.25) is 4.79 Å². The Bertz CT molecular complexity index is 510. The van der Waals surface area contributed by atoms with Gasteiger partial charge in [-0.2, -0.15) is 0 Å². The molecular weight excluding hydrogens is 300 g/mol. The third kappa shape index (κ3) is 4.56. The number of amides is 1. The lowest BCUT2D eigenvalue weighted by Gasteiger charge is -2.06. The van der Waals surface area contributed by atoms with Crippen molar-refractivity contribution in [3.8, 4) is 5.75 Å². The number of carbonyl (C=O) groups excluding carboxylic acids is 2. The summed E-state index contributed by atoms with van der Waals surface area (Å²) in [5.74, 6) is -0.907.